The van der Waals surface area contributed by atoms with Gasteiger partial charge < -0.3 is 0 Å². The van der Waals surface area contributed by atoms with Crippen LogP contribution in [0, 0.1) is 11.9 Å². The molecule has 0 nitrogen and oxygen atoms in total. The van der Waals surface area contributed by atoms with Crippen molar-refractivity contribution in [2.75, 3.05) is 0 Å². The van der Waals surface area contributed by atoms with Gasteiger partial charge in [-0.1, -0.05) is 18.2 Å². The molecule has 0 spiro atoms. The number of benzene rings is 1. The first-order valence-electron chi connectivity index (χ1n) is 3.67. The van der Waals surface area contributed by atoms with E-state index >= 15 is 0 Å². The van der Waals surface area contributed by atoms with Gasteiger partial charge in [0.25, 0.3) is 0 Å². The summed E-state index contributed by atoms with van der Waals surface area (Å²) < 4.78 is 13.2. The Morgan fingerprint density at radius 2 is 2.00 bits per heavy atom. The molecule has 1 aliphatic rings. The zero-order chi connectivity index (χ0) is 8.39. The van der Waals surface area contributed by atoms with Crippen LogP contribution in [0.1, 0.15) is 0 Å². The Kier molecular flexibility index (Phi) is 2.00. The van der Waals surface area contributed by atoms with Crippen molar-refractivity contribution in [2.24, 2.45) is 0 Å². The van der Waals surface area contributed by atoms with Gasteiger partial charge >= 0.3 is 0 Å². The number of thiol groups is 1. The smallest absolute Gasteiger partial charge is 0.135 e. The van der Waals surface area contributed by atoms with E-state index in [1.807, 2.05) is 23.0 Å². The predicted octanol–water partition coefficient (Wildman–Crippen LogP) is 3.03. The molecule has 0 aromatic heterocycles. The van der Waals surface area contributed by atoms with Gasteiger partial charge in [-0.3, -0.25) is 0 Å². The first kappa shape index (κ1) is 7.62. The summed E-state index contributed by atoms with van der Waals surface area (Å²) in [6, 6.07) is 7.66. The summed E-state index contributed by atoms with van der Waals surface area (Å²) in [6.45, 7) is 0. The second-order valence-electron chi connectivity index (χ2n) is 2.47. The van der Waals surface area contributed by atoms with Crippen molar-refractivity contribution in [3.05, 3.63) is 53.1 Å². The van der Waals surface area contributed by atoms with E-state index in [0.29, 0.717) is 0 Å². The summed E-state index contributed by atoms with van der Waals surface area (Å²) in [5, 5.41) is 4.06. The molecule has 61 valence electrons. The molecule has 0 amide bonds. The van der Waals surface area contributed by atoms with E-state index in [2.05, 4.69) is 6.07 Å². The van der Waals surface area contributed by atoms with Crippen LogP contribution in [0.15, 0.2) is 46.1 Å². The fourth-order valence-corrected chi connectivity index (χ4v) is 2.63. The summed E-state index contributed by atoms with van der Waals surface area (Å²) in [7, 11) is -0.528. The zero-order valence-electron chi connectivity index (χ0n) is 6.37. The summed E-state index contributed by atoms with van der Waals surface area (Å²) in [5.41, 5.74) is 0. The highest BCUT2D eigenvalue weighted by molar-refractivity contribution is 8.22. The number of allylic oxidation sites excluding steroid dienone is 2. The minimum Gasteiger partial charge on any atom is -0.206 e. The topological polar surface area (TPSA) is 0 Å². The summed E-state index contributed by atoms with van der Waals surface area (Å²) in [6.07, 6.45) is 3.91. The maximum atomic E-state index is 13.2. The quantitative estimate of drug-likeness (QED) is 0.629. The van der Waals surface area contributed by atoms with Crippen LogP contribution in [0.5, 0.6) is 0 Å². The van der Waals surface area contributed by atoms with Crippen molar-refractivity contribution in [1.82, 2.24) is 0 Å². The van der Waals surface area contributed by atoms with Gasteiger partial charge in [0.2, 0.25) is 0 Å². The highest BCUT2D eigenvalue weighted by atomic mass is 32.2. The number of hydrogen-bond acceptors (Lipinski definition) is 0. The largest absolute Gasteiger partial charge is 0.206 e. The second kappa shape index (κ2) is 3.15. The maximum absolute atomic E-state index is 13.2. The average Bonchev–Trinajstić information content (AvgIpc) is 2.57. The summed E-state index contributed by atoms with van der Waals surface area (Å²) >= 11 is 0. The second-order valence-corrected chi connectivity index (χ2v) is 4.36. The Hall–Kier alpha value is -1.02. The van der Waals surface area contributed by atoms with Crippen LogP contribution in [-0.4, -0.2) is 0 Å². The van der Waals surface area contributed by atoms with Gasteiger partial charge in [-0.15, -0.1) is 0 Å². The van der Waals surface area contributed by atoms with Crippen LogP contribution in [0.2, 0.25) is 0 Å². The van der Waals surface area contributed by atoms with E-state index in [1.165, 1.54) is 6.07 Å². The maximum Gasteiger partial charge on any atom is 0.135 e. The Balaban J connectivity index is 2.39. The lowest BCUT2D eigenvalue weighted by Gasteiger charge is -2.10. The molecule has 1 aromatic carbocycles. The molecular formula is C10H8FS. The van der Waals surface area contributed by atoms with E-state index in [9.17, 15) is 4.39 Å². The van der Waals surface area contributed by atoms with Crippen molar-refractivity contribution in [1.29, 1.82) is 0 Å². The van der Waals surface area contributed by atoms with Crippen molar-refractivity contribution >= 4 is 10.9 Å². The van der Waals surface area contributed by atoms with Crippen LogP contribution in [0.4, 0.5) is 4.39 Å². The lowest BCUT2D eigenvalue weighted by Crippen LogP contribution is -1.81. The summed E-state index contributed by atoms with van der Waals surface area (Å²) in [4.78, 5) is 0.762. The monoisotopic (exact) mass is 179 g/mol. The van der Waals surface area contributed by atoms with Crippen molar-refractivity contribution in [3.8, 4) is 0 Å². The molecule has 0 unspecified atom stereocenters. The minimum atomic E-state index is -0.528. The molecule has 1 aliphatic heterocycles. The first-order valence-corrected chi connectivity index (χ1v) is 5.15. The predicted molar refractivity (Wildman–Crippen MR) is 50.8 cm³/mol. The molecule has 0 aliphatic carbocycles. The van der Waals surface area contributed by atoms with E-state index in [1.54, 1.807) is 12.1 Å². The van der Waals surface area contributed by atoms with E-state index in [4.69, 9.17) is 0 Å². The van der Waals surface area contributed by atoms with Gasteiger partial charge in [0.15, 0.2) is 0 Å². The first-order chi connectivity index (χ1) is 5.88. The highest BCUT2D eigenvalue weighted by Crippen LogP contribution is 2.42. The summed E-state index contributed by atoms with van der Waals surface area (Å²) in [5.74, 6) is -0.129. The molecule has 0 fully saturated rings. The molecule has 0 bridgehead atoms. The van der Waals surface area contributed by atoms with Gasteiger partial charge in [-0.05, 0) is 29.0 Å². The Morgan fingerprint density at radius 3 is 2.67 bits per heavy atom. The molecule has 1 radical (unpaired) electrons. The third-order valence-corrected chi connectivity index (χ3v) is 3.56. The molecule has 12 heavy (non-hydrogen) atoms. The fourth-order valence-electron chi connectivity index (χ4n) is 1.10. The van der Waals surface area contributed by atoms with Crippen LogP contribution >= 0.6 is 10.9 Å². The van der Waals surface area contributed by atoms with Gasteiger partial charge in [-0.2, -0.15) is 10.9 Å². The van der Waals surface area contributed by atoms with Gasteiger partial charge in [0.05, 0.1) is 0 Å². The van der Waals surface area contributed by atoms with Crippen molar-refractivity contribution in [3.63, 3.8) is 0 Å². The molecule has 0 atom stereocenters. The van der Waals surface area contributed by atoms with Gasteiger partial charge in [0, 0.05) is 4.90 Å². The van der Waals surface area contributed by atoms with Gasteiger partial charge in [0.1, 0.15) is 5.82 Å². The molecule has 0 saturated heterocycles. The molecule has 2 rings (SSSR count). The molecular weight excluding hydrogens is 171 g/mol. The van der Waals surface area contributed by atoms with Crippen LogP contribution in [0.3, 0.4) is 0 Å². The van der Waals surface area contributed by atoms with Gasteiger partial charge in [-0.25, -0.2) is 4.39 Å². The van der Waals surface area contributed by atoms with Crippen molar-refractivity contribution in [2.45, 2.75) is 4.90 Å². The fraction of sp³-hybridized carbons (Fsp3) is 0. The third-order valence-electron chi connectivity index (χ3n) is 1.67. The molecule has 0 N–H and O–H groups in total. The molecule has 2 heteroatoms. The lowest BCUT2D eigenvalue weighted by atomic mass is 10.3. The van der Waals surface area contributed by atoms with Crippen LogP contribution in [0.25, 0.3) is 0 Å². The Bertz CT molecular complexity index is 329. The number of rotatable bonds is 1. The van der Waals surface area contributed by atoms with E-state index in [-0.39, 0.29) is 5.82 Å². The van der Waals surface area contributed by atoms with Crippen LogP contribution < -0.4 is 0 Å². The van der Waals surface area contributed by atoms with Crippen LogP contribution in [-0.2, 0) is 0 Å². The van der Waals surface area contributed by atoms with E-state index in [0.717, 1.165) is 4.90 Å². The molecule has 1 heterocycles. The Morgan fingerprint density at radius 1 is 1.25 bits per heavy atom. The minimum absolute atomic E-state index is 0.129. The van der Waals surface area contributed by atoms with E-state index < -0.39 is 10.9 Å². The third kappa shape index (κ3) is 1.30. The average molecular weight is 179 g/mol. The zero-order valence-corrected chi connectivity index (χ0v) is 7.26. The number of hydrogen-bond donors (Lipinski definition) is 1. The molecule has 1 aromatic rings. The van der Waals surface area contributed by atoms with Crippen molar-refractivity contribution < 1.29 is 4.39 Å². The Labute approximate surface area is 73.8 Å². The highest BCUT2D eigenvalue weighted by Gasteiger charge is 2.06. The lowest BCUT2D eigenvalue weighted by molar-refractivity contribution is 0.602. The normalized spacial score (nSPS) is 17.2. The number of halogens is 1. The molecule has 0 saturated carbocycles. The standard InChI is InChI=1S/C10H8FS/c11-9-5-1-2-6-10(9)12-7-3-4-8-12/h1,3-8,12H. The SMILES string of the molecule is Fc1cc[c]cc1[SH]1C=CC=C1.